The van der Waals surface area contributed by atoms with E-state index >= 15 is 0 Å². The standard InChI is InChI=1S/C44H35N5/c1-3-44(4-2)39-23-29(43-41(30(25-45)26-46)37-17-11-12-18-38(37)42(43)31(27-47)28-48)19-21-35(39)36-22-20-34(24-40(36)44)49(32-13-7-5-8-14-32)33-15-9-6-10-16-33/h5-24,30-31,41-43H,3-4H2,1-2H3. The second-order valence-corrected chi connectivity index (χ2v) is 13.0. The number of benzene rings is 5. The van der Waals surface area contributed by atoms with E-state index in [2.05, 4.69) is 128 Å². The Bertz CT molecular complexity index is 2060. The van der Waals surface area contributed by atoms with Gasteiger partial charge in [-0.05, 0) is 88.2 Å². The highest BCUT2D eigenvalue weighted by Gasteiger charge is 2.50. The topological polar surface area (TPSA) is 98.4 Å². The van der Waals surface area contributed by atoms with Crippen LogP contribution in [0.25, 0.3) is 11.1 Å². The van der Waals surface area contributed by atoms with E-state index in [4.69, 9.17) is 0 Å². The third-order valence-corrected chi connectivity index (χ3v) is 11.0. The van der Waals surface area contributed by atoms with Crippen LogP contribution in [0.5, 0.6) is 0 Å². The van der Waals surface area contributed by atoms with E-state index in [1.54, 1.807) is 0 Å². The van der Waals surface area contributed by atoms with Gasteiger partial charge in [0.05, 0.1) is 24.3 Å². The molecular weight excluding hydrogens is 599 g/mol. The lowest BCUT2D eigenvalue weighted by atomic mass is 9.70. The van der Waals surface area contributed by atoms with Gasteiger partial charge in [-0.15, -0.1) is 0 Å². The number of anilines is 3. The molecule has 49 heavy (non-hydrogen) atoms. The number of fused-ring (bicyclic) bond motifs is 4. The normalized spacial score (nSPS) is 18.0. The summed E-state index contributed by atoms with van der Waals surface area (Å²) in [5, 5.41) is 40.7. The predicted octanol–water partition coefficient (Wildman–Crippen LogP) is 10.5. The molecular formula is C44H35N5. The Morgan fingerprint density at radius 1 is 0.551 bits per heavy atom. The lowest BCUT2D eigenvalue weighted by Gasteiger charge is -2.33. The van der Waals surface area contributed by atoms with Gasteiger partial charge in [0.2, 0.25) is 0 Å². The molecule has 0 aromatic heterocycles. The molecule has 0 spiro atoms. The fraction of sp³-hybridized carbons (Fsp3) is 0.227. The molecule has 0 N–H and O–H groups in total. The molecule has 5 nitrogen and oxygen atoms in total. The van der Waals surface area contributed by atoms with E-state index in [0.29, 0.717) is 0 Å². The molecule has 5 aromatic rings. The van der Waals surface area contributed by atoms with Crippen molar-refractivity contribution in [1.82, 2.24) is 0 Å². The summed E-state index contributed by atoms with van der Waals surface area (Å²) in [5.74, 6) is -3.15. The van der Waals surface area contributed by atoms with Crippen LogP contribution < -0.4 is 4.90 Å². The zero-order chi connectivity index (χ0) is 34.1. The van der Waals surface area contributed by atoms with Crippen LogP contribution in [0.4, 0.5) is 17.1 Å². The number of hydrogen-bond acceptors (Lipinski definition) is 5. The molecule has 2 unspecified atom stereocenters. The number of nitrogens with zero attached hydrogens (tertiary/aromatic N) is 5. The fourth-order valence-corrected chi connectivity index (χ4v) is 8.76. The molecule has 7 rings (SSSR count). The SMILES string of the molecule is CCC1(CC)c2cc(C3C(C(C#N)C#N)c4ccccc4C3C(C#N)C#N)ccc2-c2ccc(N(c3ccccc3)c3ccccc3)cc21. The second kappa shape index (κ2) is 12.8. The first kappa shape index (κ1) is 31.5. The highest BCUT2D eigenvalue weighted by atomic mass is 15.1. The minimum Gasteiger partial charge on any atom is -0.310 e. The Kier molecular flexibility index (Phi) is 8.22. The summed E-state index contributed by atoms with van der Waals surface area (Å²) in [5.41, 5.74) is 10.6. The van der Waals surface area contributed by atoms with Crippen molar-refractivity contribution in [1.29, 1.82) is 21.0 Å². The molecule has 0 amide bonds. The molecule has 2 atom stereocenters. The first-order valence-corrected chi connectivity index (χ1v) is 16.9. The number of para-hydroxylation sites is 2. The zero-order valence-corrected chi connectivity index (χ0v) is 27.6. The van der Waals surface area contributed by atoms with Crippen molar-refractivity contribution in [2.45, 2.75) is 49.9 Å². The van der Waals surface area contributed by atoms with Crippen LogP contribution in [0.15, 0.2) is 121 Å². The van der Waals surface area contributed by atoms with Gasteiger partial charge in [-0.1, -0.05) is 98.8 Å². The molecule has 0 bridgehead atoms. The van der Waals surface area contributed by atoms with Gasteiger partial charge < -0.3 is 4.90 Å². The summed E-state index contributed by atoms with van der Waals surface area (Å²) in [7, 11) is 0. The minimum atomic E-state index is -0.925. The Labute approximate surface area is 288 Å². The zero-order valence-electron chi connectivity index (χ0n) is 27.6. The van der Waals surface area contributed by atoms with E-state index < -0.39 is 23.7 Å². The molecule has 0 heterocycles. The molecule has 0 radical (unpaired) electrons. The summed E-state index contributed by atoms with van der Waals surface area (Å²) in [4.78, 5) is 2.30. The minimum absolute atomic E-state index is 0.278. The summed E-state index contributed by atoms with van der Waals surface area (Å²) in [6, 6.07) is 50.9. The van der Waals surface area contributed by atoms with E-state index in [1.807, 2.05) is 36.4 Å². The van der Waals surface area contributed by atoms with Gasteiger partial charge in [0, 0.05) is 40.2 Å². The third kappa shape index (κ3) is 4.87. The van der Waals surface area contributed by atoms with Crippen molar-refractivity contribution in [3.63, 3.8) is 0 Å². The summed E-state index contributed by atoms with van der Waals surface area (Å²) >= 11 is 0. The third-order valence-electron chi connectivity index (χ3n) is 11.0. The number of nitriles is 4. The lowest BCUT2D eigenvalue weighted by molar-refractivity contribution is 0.436. The predicted molar refractivity (Wildman–Crippen MR) is 192 cm³/mol. The van der Waals surface area contributed by atoms with Crippen molar-refractivity contribution >= 4 is 17.1 Å². The quantitative estimate of drug-likeness (QED) is 0.169. The molecule has 0 saturated heterocycles. The first-order chi connectivity index (χ1) is 24.0. The molecule has 2 aliphatic rings. The van der Waals surface area contributed by atoms with Gasteiger partial charge in [-0.3, -0.25) is 0 Å². The maximum Gasteiger partial charge on any atom is 0.140 e. The monoisotopic (exact) mass is 633 g/mol. The Morgan fingerprint density at radius 3 is 1.47 bits per heavy atom. The van der Waals surface area contributed by atoms with Crippen LogP contribution in [0.3, 0.4) is 0 Å². The molecule has 5 aromatic carbocycles. The van der Waals surface area contributed by atoms with Gasteiger partial charge in [-0.2, -0.15) is 21.0 Å². The van der Waals surface area contributed by atoms with Crippen molar-refractivity contribution in [3.05, 3.63) is 149 Å². The molecule has 236 valence electrons. The van der Waals surface area contributed by atoms with E-state index in [-0.39, 0.29) is 11.3 Å². The number of rotatable bonds is 8. The molecule has 0 aliphatic heterocycles. The fourth-order valence-electron chi connectivity index (χ4n) is 8.76. The Balaban J connectivity index is 1.40. The maximum absolute atomic E-state index is 10.2. The van der Waals surface area contributed by atoms with Crippen molar-refractivity contribution in [3.8, 4) is 35.4 Å². The van der Waals surface area contributed by atoms with Gasteiger partial charge in [0.15, 0.2) is 0 Å². The smallest absolute Gasteiger partial charge is 0.140 e. The summed E-state index contributed by atoms with van der Waals surface area (Å²) in [6.45, 7) is 4.49. The van der Waals surface area contributed by atoms with Crippen molar-refractivity contribution < 1.29 is 0 Å². The molecule has 2 aliphatic carbocycles. The summed E-state index contributed by atoms with van der Waals surface area (Å²) < 4.78 is 0. The van der Waals surface area contributed by atoms with Crippen molar-refractivity contribution in [2.75, 3.05) is 4.90 Å². The maximum atomic E-state index is 10.2. The first-order valence-electron chi connectivity index (χ1n) is 16.9. The van der Waals surface area contributed by atoms with Crippen LogP contribution in [0.2, 0.25) is 0 Å². The van der Waals surface area contributed by atoms with E-state index in [1.165, 1.54) is 22.3 Å². The molecule has 5 heteroatoms. The van der Waals surface area contributed by atoms with Crippen molar-refractivity contribution in [2.24, 2.45) is 11.8 Å². The highest BCUT2D eigenvalue weighted by molar-refractivity contribution is 5.86. The van der Waals surface area contributed by atoms with Gasteiger partial charge in [0.25, 0.3) is 0 Å². The van der Waals surface area contributed by atoms with E-state index in [9.17, 15) is 21.0 Å². The Morgan fingerprint density at radius 2 is 1.00 bits per heavy atom. The molecule has 0 saturated carbocycles. The van der Waals surface area contributed by atoms with Gasteiger partial charge >= 0.3 is 0 Å². The number of hydrogen-bond donors (Lipinski definition) is 0. The average Bonchev–Trinajstić information content (AvgIpc) is 3.64. The van der Waals surface area contributed by atoms with Crippen LogP contribution >= 0.6 is 0 Å². The second-order valence-electron chi connectivity index (χ2n) is 13.0. The van der Waals surface area contributed by atoms with Crippen LogP contribution in [-0.4, -0.2) is 0 Å². The highest BCUT2D eigenvalue weighted by Crippen LogP contribution is 2.60. The average molecular weight is 634 g/mol. The molecule has 0 fully saturated rings. The van der Waals surface area contributed by atoms with Gasteiger partial charge in [-0.25, -0.2) is 0 Å². The largest absolute Gasteiger partial charge is 0.310 e. The van der Waals surface area contributed by atoms with E-state index in [0.717, 1.165) is 46.6 Å². The summed E-state index contributed by atoms with van der Waals surface area (Å²) in [6.07, 6.45) is 1.76. The van der Waals surface area contributed by atoms with Crippen LogP contribution in [0.1, 0.15) is 72.3 Å². The van der Waals surface area contributed by atoms with Crippen LogP contribution in [0, 0.1) is 57.2 Å². The van der Waals surface area contributed by atoms with Crippen LogP contribution in [-0.2, 0) is 5.41 Å². The lowest BCUT2D eigenvalue weighted by Crippen LogP contribution is -2.25. The Hall–Kier alpha value is -6.14. The van der Waals surface area contributed by atoms with Gasteiger partial charge in [0.1, 0.15) is 11.8 Å².